The van der Waals surface area contributed by atoms with Gasteiger partial charge in [0.2, 0.25) is 0 Å². The molecule has 0 atom stereocenters. The minimum absolute atomic E-state index is 0.110. The maximum absolute atomic E-state index is 15.5. The molecular weight excluding hydrogens is 452 g/mol. The van der Waals surface area contributed by atoms with Crippen LogP contribution in [0.25, 0.3) is 21.8 Å². The van der Waals surface area contributed by atoms with Gasteiger partial charge in [0, 0.05) is 68.1 Å². The van der Waals surface area contributed by atoms with Crippen molar-refractivity contribution in [2.24, 2.45) is 14.1 Å². The van der Waals surface area contributed by atoms with E-state index in [9.17, 15) is 9.18 Å². The molecule has 2 aliphatic rings. The van der Waals surface area contributed by atoms with Gasteiger partial charge in [-0.1, -0.05) is 0 Å². The van der Waals surface area contributed by atoms with Crippen LogP contribution in [0.2, 0.25) is 0 Å². The summed E-state index contributed by atoms with van der Waals surface area (Å²) in [6, 6.07) is 5.22. The number of hydrogen-bond acceptors (Lipinski definition) is 5. The topological polar surface area (TPSA) is 80.0 Å². The smallest absolute Gasteiger partial charge is 0.258 e. The molecule has 0 unspecified atom stereocenters. The summed E-state index contributed by atoms with van der Waals surface area (Å²) in [6.45, 7) is 1.47. The van der Waals surface area contributed by atoms with Crippen molar-refractivity contribution < 1.29 is 13.6 Å². The third-order valence-corrected chi connectivity index (χ3v) is 6.88. The van der Waals surface area contributed by atoms with E-state index in [-0.39, 0.29) is 16.8 Å². The zero-order chi connectivity index (χ0) is 24.3. The number of aromatic nitrogens is 4. The maximum Gasteiger partial charge on any atom is 0.258 e. The molecule has 1 saturated heterocycles. The Balaban J connectivity index is 1.30. The molecule has 0 bridgehead atoms. The van der Waals surface area contributed by atoms with Crippen molar-refractivity contribution in [3.8, 4) is 0 Å². The molecule has 2 aromatic heterocycles. The van der Waals surface area contributed by atoms with Crippen molar-refractivity contribution in [2.45, 2.75) is 37.8 Å². The van der Waals surface area contributed by atoms with Gasteiger partial charge in [-0.05, 0) is 43.9 Å². The van der Waals surface area contributed by atoms with Gasteiger partial charge < -0.3 is 15.5 Å². The second kappa shape index (κ2) is 8.30. The summed E-state index contributed by atoms with van der Waals surface area (Å²) in [5.41, 5.74) is 1.51. The van der Waals surface area contributed by atoms with Gasteiger partial charge in [0.15, 0.2) is 5.82 Å². The Hall–Kier alpha value is -3.53. The predicted molar refractivity (Wildman–Crippen MR) is 131 cm³/mol. The molecule has 35 heavy (non-hydrogen) atoms. The highest BCUT2D eigenvalue weighted by atomic mass is 19.1. The van der Waals surface area contributed by atoms with Crippen LogP contribution in [-0.4, -0.2) is 50.6 Å². The van der Waals surface area contributed by atoms with Gasteiger partial charge in [-0.3, -0.25) is 14.2 Å². The number of carbonyl (C=O) groups excluding carboxylic acids is 1. The molecule has 1 aliphatic carbocycles. The standard InChI is InChI=1S/C25H27F2N7O/c1-32-12-14-9-17(10-20(26)22(14)30-32)29-25(35)18-11-21(27)24(19-13-33(2)31-23(18)19)34-7-5-16(6-8-34)28-15-3-4-15/h9-13,15-16,28H,3-8H2,1-2H3,(H,29,35). The molecule has 2 N–H and O–H groups in total. The summed E-state index contributed by atoms with van der Waals surface area (Å²) in [7, 11) is 3.45. The van der Waals surface area contributed by atoms with Crippen LogP contribution in [0, 0.1) is 11.6 Å². The lowest BCUT2D eigenvalue weighted by atomic mass is 10.0. The van der Waals surface area contributed by atoms with Gasteiger partial charge in [0.25, 0.3) is 5.91 Å². The van der Waals surface area contributed by atoms with E-state index >= 15 is 4.39 Å². The van der Waals surface area contributed by atoms with E-state index in [1.807, 2.05) is 0 Å². The van der Waals surface area contributed by atoms with Crippen LogP contribution < -0.4 is 15.5 Å². The van der Waals surface area contributed by atoms with E-state index in [1.54, 1.807) is 37.2 Å². The molecule has 1 saturated carbocycles. The quantitative estimate of drug-likeness (QED) is 0.456. The van der Waals surface area contributed by atoms with Crippen LogP contribution >= 0.6 is 0 Å². The number of benzene rings is 2. The van der Waals surface area contributed by atoms with E-state index in [2.05, 4.69) is 25.7 Å². The van der Waals surface area contributed by atoms with Gasteiger partial charge in [0.05, 0.1) is 11.3 Å². The highest BCUT2D eigenvalue weighted by Crippen LogP contribution is 2.35. The number of amides is 1. The lowest BCUT2D eigenvalue weighted by Crippen LogP contribution is -2.43. The second-order valence-electron chi connectivity index (χ2n) is 9.67. The Morgan fingerprint density at radius 2 is 1.60 bits per heavy atom. The van der Waals surface area contributed by atoms with Crippen molar-refractivity contribution in [3.63, 3.8) is 0 Å². The monoisotopic (exact) mass is 479 g/mol. The van der Waals surface area contributed by atoms with Crippen molar-refractivity contribution in [2.75, 3.05) is 23.3 Å². The van der Waals surface area contributed by atoms with Crippen molar-refractivity contribution >= 4 is 39.1 Å². The van der Waals surface area contributed by atoms with Crippen molar-refractivity contribution in [1.29, 1.82) is 0 Å². The van der Waals surface area contributed by atoms with Crippen molar-refractivity contribution in [3.05, 3.63) is 47.8 Å². The molecule has 8 nitrogen and oxygen atoms in total. The number of nitrogens with one attached hydrogen (secondary N) is 2. The van der Waals surface area contributed by atoms with Crippen LogP contribution in [0.5, 0.6) is 0 Å². The van der Waals surface area contributed by atoms with Gasteiger partial charge in [-0.15, -0.1) is 0 Å². The molecule has 0 radical (unpaired) electrons. The van der Waals surface area contributed by atoms with Crippen LogP contribution in [0.1, 0.15) is 36.0 Å². The lowest BCUT2D eigenvalue weighted by molar-refractivity contribution is 0.102. The summed E-state index contributed by atoms with van der Waals surface area (Å²) in [5.74, 6) is -1.55. The van der Waals surface area contributed by atoms with Crippen LogP contribution in [0.4, 0.5) is 20.2 Å². The van der Waals surface area contributed by atoms with E-state index in [0.717, 1.165) is 25.9 Å². The average Bonchev–Trinajstić information content (AvgIpc) is 3.41. The molecule has 6 rings (SSSR count). The molecule has 10 heteroatoms. The molecule has 3 heterocycles. The first kappa shape index (κ1) is 22.0. The summed E-state index contributed by atoms with van der Waals surface area (Å²) in [5, 5.41) is 16.1. The Morgan fingerprint density at radius 1 is 0.914 bits per heavy atom. The van der Waals surface area contributed by atoms with Gasteiger partial charge >= 0.3 is 0 Å². The number of hydrogen-bond donors (Lipinski definition) is 2. The number of piperidine rings is 1. The summed E-state index contributed by atoms with van der Waals surface area (Å²) >= 11 is 0. The Labute approximate surface area is 200 Å². The van der Waals surface area contributed by atoms with Gasteiger partial charge in [-0.25, -0.2) is 8.78 Å². The van der Waals surface area contributed by atoms with Crippen LogP contribution in [-0.2, 0) is 14.1 Å². The summed E-state index contributed by atoms with van der Waals surface area (Å²) in [4.78, 5) is 15.2. The fourth-order valence-electron chi connectivity index (χ4n) is 5.08. The first-order valence-electron chi connectivity index (χ1n) is 12.0. The predicted octanol–water partition coefficient (Wildman–Crippen LogP) is 3.71. The Kier molecular flexibility index (Phi) is 5.21. The minimum atomic E-state index is -0.547. The number of rotatable bonds is 5. The van der Waals surface area contributed by atoms with Crippen LogP contribution in [0.3, 0.4) is 0 Å². The fraction of sp³-hybridized carbons (Fsp3) is 0.400. The minimum Gasteiger partial charge on any atom is -0.368 e. The van der Waals surface area contributed by atoms with Crippen molar-refractivity contribution in [1.82, 2.24) is 24.9 Å². The molecular formula is C25H27F2N7O. The molecule has 1 aliphatic heterocycles. The third kappa shape index (κ3) is 4.12. The zero-order valence-corrected chi connectivity index (χ0v) is 19.7. The summed E-state index contributed by atoms with van der Waals surface area (Å²) < 4.78 is 33.1. The zero-order valence-electron chi connectivity index (χ0n) is 19.7. The highest BCUT2D eigenvalue weighted by Gasteiger charge is 2.30. The normalized spacial score (nSPS) is 17.0. The SMILES string of the molecule is Cn1cc2cc(NC(=O)c3cc(F)c(N4CCC(NC5CC5)CC4)c4cn(C)nc34)cc(F)c2n1. The van der Waals surface area contributed by atoms with E-state index in [0.29, 0.717) is 34.1 Å². The first-order chi connectivity index (χ1) is 16.9. The Morgan fingerprint density at radius 3 is 2.34 bits per heavy atom. The molecule has 182 valence electrons. The number of carbonyl (C=O) groups is 1. The van der Waals surface area contributed by atoms with Gasteiger partial charge in [-0.2, -0.15) is 10.2 Å². The molecule has 2 fully saturated rings. The third-order valence-electron chi connectivity index (χ3n) is 6.88. The molecule has 0 spiro atoms. The lowest BCUT2D eigenvalue weighted by Gasteiger charge is -2.34. The number of nitrogens with zero attached hydrogens (tertiary/aromatic N) is 5. The molecule has 2 aromatic carbocycles. The number of anilines is 2. The van der Waals surface area contributed by atoms with Gasteiger partial charge in [0.1, 0.15) is 16.9 Å². The van der Waals surface area contributed by atoms with E-state index in [1.165, 1.54) is 29.7 Å². The highest BCUT2D eigenvalue weighted by molar-refractivity contribution is 6.14. The van der Waals surface area contributed by atoms with E-state index < -0.39 is 17.5 Å². The summed E-state index contributed by atoms with van der Waals surface area (Å²) in [6.07, 6.45) is 7.81. The van der Waals surface area contributed by atoms with Crippen LogP contribution in [0.15, 0.2) is 30.6 Å². The molecule has 4 aromatic rings. The largest absolute Gasteiger partial charge is 0.368 e. The fourth-order valence-corrected chi connectivity index (χ4v) is 5.08. The second-order valence-corrected chi connectivity index (χ2v) is 9.67. The van der Waals surface area contributed by atoms with E-state index in [4.69, 9.17) is 0 Å². The number of aryl methyl sites for hydroxylation is 2. The maximum atomic E-state index is 15.5. The Bertz CT molecular complexity index is 1450. The average molecular weight is 480 g/mol. The number of halogens is 2. The number of fused-ring (bicyclic) bond motifs is 2. The molecule has 1 amide bonds. The first-order valence-corrected chi connectivity index (χ1v) is 12.0.